The molecule has 73 heavy (non-hydrogen) atoms. The molecule has 3 heteroatoms. The molecule has 0 amide bonds. The maximum absolute atomic E-state index is 7.12. The van der Waals surface area contributed by atoms with Gasteiger partial charge in [0.05, 0.1) is 5.41 Å². The van der Waals surface area contributed by atoms with E-state index in [1.807, 2.05) is 6.07 Å². The quantitative estimate of drug-likeness (QED) is 0.166. The molecule has 0 fully saturated rings. The van der Waals surface area contributed by atoms with E-state index < -0.39 is 5.41 Å². The number of para-hydroxylation sites is 1. The highest BCUT2D eigenvalue weighted by Crippen LogP contribution is 2.66. The van der Waals surface area contributed by atoms with Crippen molar-refractivity contribution in [1.29, 1.82) is 0 Å². The number of fused-ring (bicyclic) bond motifs is 16. The van der Waals surface area contributed by atoms with Crippen molar-refractivity contribution in [2.24, 2.45) is 0 Å². The standard InChI is InChI=1S/C70H47NO2/c1-69(2)62-42-48(45-19-7-4-8-20-45)33-37-55(62)56-38-36-51(43-63(56)69)71(50-22-15-21-47(41-50)44-17-5-3-6-18-44)49-34-31-46(32-35-49)52-26-16-30-64-67(52)72-65-40-39-61-66(68(65)73-64)57-25-11-14-29-60(57)70(61)58-27-12-9-23-53(58)54-24-10-13-28-59(54)70/h3-43H,1-2H3. The van der Waals surface area contributed by atoms with E-state index in [4.69, 9.17) is 9.47 Å². The van der Waals surface area contributed by atoms with E-state index >= 15 is 0 Å². The highest BCUT2D eigenvalue weighted by Gasteiger charge is 2.53. The number of hydrogen-bond donors (Lipinski definition) is 0. The summed E-state index contributed by atoms with van der Waals surface area (Å²) >= 11 is 0. The van der Waals surface area contributed by atoms with Crippen LogP contribution in [0.4, 0.5) is 17.1 Å². The summed E-state index contributed by atoms with van der Waals surface area (Å²) in [5.41, 5.74) is 24.6. The molecule has 0 bridgehead atoms. The number of hydrogen-bond acceptors (Lipinski definition) is 3. The predicted octanol–water partition coefficient (Wildman–Crippen LogP) is 18.7. The Labute approximate surface area is 425 Å². The molecule has 0 atom stereocenters. The normalized spacial score (nSPS) is 14.1. The number of benzene rings is 11. The molecule has 3 nitrogen and oxygen atoms in total. The van der Waals surface area contributed by atoms with Crippen molar-refractivity contribution < 1.29 is 9.47 Å². The van der Waals surface area contributed by atoms with Gasteiger partial charge in [-0.2, -0.15) is 0 Å². The lowest BCUT2D eigenvalue weighted by atomic mass is 9.70. The Kier molecular flexibility index (Phi) is 8.92. The van der Waals surface area contributed by atoms with Crippen LogP contribution in [-0.4, -0.2) is 0 Å². The van der Waals surface area contributed by atoms with Gasteiger partial charge in [0.15, 0.2) is 23.0 Å². The molecule has 4 aliphatic rings. The van der Waals surface area contributed by atoms with Gasteiger partial charge in [0.2, 0.25) is 0 Å². The van der Waals surface area contributed by atoms with Crippen molar-refractivity contribution in [2.75, 3.05) is 4.90 Å². The van der Waals surface area contributed by atoms with E-state index in [-0.39, 0.29) is 5.41 Å². The van der Waals surface area contributed by atoms with Gasteiger partial charge in [-0.3, -0.25) is 0 Å². The zero-order valence-corrected chi connectivity index (χ0v) is 40.4. The summed E-state index contributed by atoms with van der Waals surface area (Å²) < 4.78 is 14.2. The molecule has 11 aromatic carbocycles. The average molecular weight is 934 g/mol. The second-order valence-electron chi connectivity index (χ2n) is 20.3. The van der Waals surface area contributed by atoms with Gasteiger partial charge in [-0.05, 0) is 144 Å². The summed E-state index contributed by atoms with van der Waals surface area (Å²) in [6.07, 6.45) is 0. The first-order valence-corrected chi connectivity index (χ1v) is 25.3. The van der Waals surface area contributed by atoms with Crippen LogP contribution in [0.25, 0.3) is 66.8 Å². The monoisotopic (exact) mass is 933 g/mol. The molecule has 0 saturated carbocycles. The first-order valence-electron chi connectivity index (χ1n) is 25.3. The van der Waals surface area contributed by atoms with Gasteiger partial charge in [0.1, 0.15) is 0 Å². The number of ether oxygens (including phenoxy) is 2. The third-order valence-electron chi connectivity index (χ3n) is 16.2. The van der Waals surface area contributed by atoms with Gasteiger partial charge in [-0.25, -0.2) is 0 Å². The summed E-state index contributed by atoms with van der Waals surface area (Å²) in [4.78, 5) is 2.40. The molecule has 344 valence electrons. The fourth-order valence-electron chi connectivity index (χ4n) is 12.8. The van der Waals surface area contributed by atoms with E-state index in [1.165, 1.54) is 77.9 Å². The lowest BCUT2D eigenvalue weighted by Gasteiger charge is -2.31. The fraction of sp³-hybridized carbons (Fsp3) is 0.0571. The van der Waals surface area contributed by atoms with Crippen molar-refractivity contribution in [1.82, 2.24) is 0 Å². The van der Waals surface area contributed by atoms with Crippen LogP contribution >= 0.6 is 0 Å². The van der Waals surface area contributed by atoms with Crippen LogP contribution in [0.3, 0.4) is 0 Å². The van der Waals surface area contributed by atoms with Crippen molar-refractivity contribution >= 4 is 17.1 Å². The summed E-state index contributed by atoms with van der Waals surface area (Å²) in [7, 11) is 0. The zero-order valence-electron chi connectivity index (χ0n) is 40.4. The van der Waals surface area contributed by atoms with Crippen molar-refractivity contribution in [3.63, 3.8) is 0 Å². The average Bonchev–Trinajstić information content (AvgIpc) is 4.01. The van der Waals surface area contributed by atoms with Crippen molar-refractivity contribution in [3.05, 3.63) is 282 Å². The highest BCUT2D eigenvalue weighted by atomic mass is 16.6. The van der Waals surface area contributed by atoms with Crippen LogP contribution in [-0.2, 0) is 10.8 Å². The number of nitrogens with zero attached hydrogens (tertiary/aromatic N) is 1. The Morgan fingerprint density at radius 1 is 0.288 bits per heavy atom. The van der Waals surface area contributed by atoms with Gasteiger partial charge in [0.25, 0.3) is 0 Å². The van der Waals surface area contributed by atoms with E-state index in [0.717, 1.165) is 45.1 Å². The largest absolute Gasteiger partial charge is 0.449 e. The number of anilines is 3. The van der Waals surface area contributed by atoms with Gasteiger partial charge < -0.3 is 14.4 Å². The Morgan fingerprint density at radius 2 is 0.767 bits per heavy atom. The van der Waals surface area contributed by atoms with Crippen LogP contribution in [0.2, 0.25) is 0 Å². The molecule has 1 spiro atoms. The van der Waals surface area contributed by atoms with E-state index in [2.05, 4.69) is 261 Å². The Morgan fingerprint density at radius 3 is 1.47 bits per heavy atom. The SMILES string of the molecule is CC1(C)c2cc(-c3ccccc3)ccc2-c2ccc(N(c3ccc(-c4cccc5c4Oc4ccc6c(c4O5)-c4ccccc4C64c5ccccc5-c5ccccc54)cc3)c3cccc(-c4ccccc4)c3)cc21. The molecular formula is C70H47NO2. The minimum Gasteiger partial charge on any atom is -0.449 e. The first-order chi connectivity index (χ1) is 35.9. The van der Waals surface area contributed by atoms with Crippen LogP contribution in [0.1, 0.15) is 47.2 Å². The molecule has 1 heterocycles. The van der Waals surface area contributed by atoms with E-state index in [0.29, 0.717) is 17.2 Å². The summed E-state index contributed by atoms with van der Waals surface area (Å²) in [6, 6.07) is 90.4. The maximum Gasteiger partial charge on any atom is 0.178 e. The van der Waals surface area contributed by atoms with Crippen molar-refractivity contribution in [2.45, 2.75) is 24.7 Å². The molecular weight excluding hydrogens is 887 g/mol. The summed E-state index contributed by atoms with van der Waals surface area (Å²) in [5.74, 6) is 2.88. The molecule has 0 saturated heterocycles. The lowest BCUT2D eigenvalue weighted by Crippen LogP contribution is -2.25. The van der Waals surface area contributed by atoms with Crippen LogP contribution in [0.5, 0.6) is 23.0 Å². The smallest absolute Gasteiger partial charge is 0.178 e. The molecule has 0 unspecified atom stereocenters. The fourth-order valence-corrected chi connectivity index (χ4v) is 12.8. The van der Waals surface area contributed by atoms with Gasteiger partial charge >= 0.3 is 0 Å². The molecule has 0 radical (unpaired) electrons. The molecule has 0 N–H and O–H groups in total. The van der Waals surface area contributed by atoms with E-state index in [1.54, 1.807) is 0 Å². The predicted molar refractivity (Wildman–Crippen MR) is 298 cm³/mol. The molecule has 15 rings (SSSR count). The topological polar surface area (TPSA) is 21.7 Å². The molecule has 0 aromatic heterocycles. The Bertz CT molecular complexity index is 4010. The minimum atomic E-state index is -0.467. The second-order valence-corrected chi connectivity index (χ2v) is 20.3. The summed E-state index contributed by atoms with van der Waals surface area (Å²) in [5, 5.41) is 0. The van der Waals surface area contributed by atoms with Gasteiger partial charge in [-0.1, -0.05) is 208 Å². The van der Waals surface area contributed by atoms with Crippen LogP contribution in [0, 0.1) is 0 Å². The van der Waals surface area contributed by atoms with Gasteiger partial charge in [0, 0.05) is 33.6 Å². The lowest BCUT2D eigenvalue weighted by molar-refractivity contribution is 0.361. The minimum absolute atomic E-state index is 0.210. The third-order valence-corrected chi connectivity index (χ3v) is 16.2. The molecule has 11 aromatic rings. The summed E-state index contributed by atoms with van der Waals surface area (Å²) in [6.45, 7) is 4.74. The van der Waals surface area contributed by atoms with Gasteiger partial charge in [-0.15, -0.1) is 0 Å². The third kappa shape index (κ3) is 6.00. The first kappa shape index (κ1) is 41.6. The maximum atomic E-state index is 7.12. The Hall–Kier alpha value is -9.18. The molecule has 1 aliphatic heterocycles. The number of rotatable bonds is 6. The second kappa shape index (κ2) is 15.7. The highest BCUT2D eigenvalue weighted by molar-refractivity contribution is 5.98. The van der Waals surface area contributed by atoms with E-state index in [9.17, 15) is 0 Å². The Balaban J connectivity index is 0.813. The van der Waals surface area contributed by atoms with Crippen LogP contribution < -0.4 is 14.4 Å². The van der Waals surface area contributed by atoms with Crippen LogP contribution in [0.15, 0.2) is 249 Å². The molecule has 3 aliphatic carbocycles. The zero-order chi connectivity index (χ0) is 48.4. The van der Waals surface area contributed by atoms with Crippen molar-refractivity contribution in [3.8, 4) is 89.8 Å².